The van der Waals surface area contributed by atoms with Gasteiger partial charge in [0.1, 0.15) is 5.75 Å². The van der Waals surface area contributed by atoms with Gasteiger partial charge in [0.15, 0.2) is 0 Å². The van der Waals surface area contributed by atoms with Crippen molar-refractivity contribution in [3.05, 3.63) is 24.3 Å². The number of para-hydroxylation sites is 2. The summed E-state index contributed by atoms with van der Waals surface area (Å²) in [6.07, 6.45) is 0.946. The monoisotopic (exact) mass is 251 g/mol. The van der Waals surface area contributed by atoms with Gasteiger partial charge in [-0.15, -0.1) is 0 Å². The van der Waals surface area contributed by atoms with Gasteiger partial charge in [-0.3, -0.25) is 0 Å². The number of fused-ring (bicyclic) bond motifs is 1. The van der Waals surface area contributed by atoms with E-state index in [1.807, 2.05) is 31.2 Å². The van der Waals surface area contributed by atoms with Crippen LogP contribution in [0.2, 0.25) is 0 Å². The van der Waals surface area contributed by atoms with Crippen LogP contribution in [0.1, 0.15) is 13.3 Å². The standard InChI is InChI=1S/C14H21NO3/c1-14(10-16,11-17)9-15-7-4-8-18-13-6-3-2-5-12(13)15/h2-3,5-6,16-17H,4,7-11H2,1H3. The Hall–Kier alpha value is -1.26. The fourth-order valence-electron chi connectivity index (χ4n) is 2.17. The average molecular weight is 251 g/mol. The molecule has 0 spiro atoms. The fourth-order valence-corrected chi connectivity index (χ4v) is 2.17. The van der Waals surface area contributed by atoms with Gasteiger partial charge in [-0.25, -0.2) is 0 Å². The van der Waals surface area contributed by atoms with Crippen molar-refractivity contribution in [2.75, 3.05) is 37.8 Å². The van der Waals surface area contributed by atoms with Gasteiger partial charge in [-0.05, 0) is 18.6 Å². The van der Waals surface area contributed by atoms with E-state index in [1.54, 1.807) is 0 Å². The predicted molar refractivity (Wildman–Crippen MR) is 71.0 cm³/mol. The molecule has 1 aromatic rings. The summed E-state index contributed by atoms with van der Waals surface area (Å²) in [6.45, 7) is 4.06. The van der Waals surface area contributed by atoms with E-state index < -0.39 is 5.41 Å². The topological polar surface area (TPSA) is 52.9 Å². The highest BCUT2D eigenvalue weighted by molar-refractivity contribution is 5.59. The van der Waals surface area contributed by atoms with Gasteiger partial charge in [-0.1, -0.05) is 19.1 Å². The molecule has 1 aliphatic heterocycles. The normalized spacial score (nSPS) is 15.8. The summed E-state index contributed by atoms with van der Waals surface area (Å²) in [5.74, 6) is 0.883. The molecule has 0 bridgehead atoms. The molecule has 2 rings (SSSR count). The molecule has 4 heteroatoms. The lowest BCUT2D eigenvalue weighted by Crippen LogP contribution is -2.41. The van der Waals surface area contributed by atoms with Crippen LogP contribution in [-0.4, -0.2) is 43.1 Å². The van der Waals surface area contributed by atoms with Crippen LogP contribution in [0.3, 0.4) is 0 Å². The molecule has 1 aliphatic rings. The summed E-state index contributed by atoms with van der Waals surface area (Å²) >= 11 is 0. The molecule has 2 N–H and O–H groups in total. The van der Waals surface area contributed by atoms with E-state index >= 15 is 0 Å². The molecule has 1 aromatic carbocycles. The molecule has 0 aliphatic carbocycles. The van der Waals surface area contributed by atoms with Crippen LogP contribution in [-0.2, 0) is 0 Å². The molecule has 1 heterocycles. The van der Waals surface area contributed by atoms with Crippen molar-refractivity contribution in [3.8, 4) is 5.75 Å². The number of aliphatic hydroxyl groups excluding tert-OH is 2. The van der Waals surface area contributed by atoms with Crippen molar-refractivity contribution in [1.82, 2.24) is 0 Å². The largest absolute Gasteiger partial charge is 0.491 e. The summed E-state index contributed by atoms with van der Waals surface area (Å²) in [7, 11) is 0. The van der Waals surface area contributed by atoms with Crippen molar-refractivity contribution in [2.24, 2.45) is 5.41 Å². The molecule has 0 atom stereocenters. The minimum atomic E-state index is -0.489. The molecule has 0 unspecified atom stereocenters. The van der Waals surface area contributed by atoms with Gasteiger partial charge >= 0.3 is 0 Å². The Balaban J connectivity index is 2.23. The van der Waals surface area contributed by atoms with E-state index in [-0.39, 0.29) is 13.2 Å². The van der Waals surface area contributed by atoms with E-state index in [0.717, 1.165) is 24.4 Å². The van der Waals surface area contributed by atoms with E-state index in [4.69, 9.17) is 4.74 Å². The molecule has 100 valence electrons. The minimum absolute atomic E-state index is 0.0248. The van der Waals surface area contributed by atoms with Crippen LogP contribution in [0, 0.1) is 5.41 Å². The van der Waals surface area contributed by atoms with Crippen LogP contribution in [0.5, 0.6) is 5.75 Å². The summed E-state index contributed by atoms with van der Waals surface area (Å²) in [5.41, 5.74) is 0.556. The van der Waals surface area contributed by atoms with Crippen LogP contribution < -0.4 is 9.64 Å². The number of rotatable bonds is 4. The zero-order chi connectivity index (χ0) is 13.0. The van der Waals surface area contributed by atoms with Crippen LogP contribution in [0.4, 0.5) is 5.69 Å². The Labute approximate surface area is 108 Å². The molecular formula is C14H21NO3. The number of nitrogens with zero attached hydrogens (tertiary/aromatic N) is 1. The number of aliphatic hydroxyl groups is 2. The van der Waals surface area contributed by atoms with Gasteiger partial charge < -0.3 is 19.8 Å². The second-order valence-corrected chi connectivity index (χ2v) is 5.22. The maximum Gasteiger partial charge on any atom is 0.142 e. The summed E-state index contributed by atoms with van der Waals surface area (Å²) < 4.78 is 5.69. The van der Waals surface area contributed by atoms with Crippen LogP contribution >= 0.6 is 0 Å². The van der Waals surface area contributed by atoms with E-state index in [1.165, 1.54) is 0 Å². The first-order chi connectivity index (χ1) is 8.68. The molecule has 0 saturated carbocycles. The SMILES string of the molecule is CC(CO)(CO)CN1CCCOc2ccccc21. The molecule has 0 radical (unpaired) electrons. The third-order valence-corrected chi connectivity index (χ3v) is 3.37. The van der Waals surface area contributed by atoms with Gasteiger partial charge in [0.2, 0.25) is 0 Å². The van der Waals surface area contributed by atoms with Crippen molar-refractivity contribution in [1.29, 1.82) is 0 Å². The fraction of sp³-hybridized carbons (Fsp3) is 0.571. The minimum Gasteiger partial charge on any atom is -0.491 e. The highest BCUT2D eigenvalue weighted by atomic mass is 16.5. The maximum atomic E-state index is 9.42. The lowest BCUT2D eigenvalue weighted by molar-refractivity contribution is 0.0754. The third-order valence-electron chi connectivity index (χ3n) is 3.37. The van der Waals surface area contributed by atoms with Gasteiger partial charge in [-0.2, -0.15) is 0 Å². The average Bonchev–Trinajstić information content (AvgIpc) is 2.61. The number of anilines is 1. The van der Waals surface area contributed by atoms with E-state index in [9.17, 15) is 10.2 Å². The zero-order valence-electron chi connectivity index (χ0n) is 10.8. The molecule has 4 nitrogen and oxygen atoms in total. The molecular weight excluding hydrogens is 230 g/mol. The van der Waals surface area contributed by atoms with Crippen LogP contribution in [0.15, 0.2) is 24.3 Å². The van der Waals surface area contributed by atoms with Gasteiger partial charge in [0.25, 0.3) is 0 Å². The Morgan fingerprint density at radius 3 is 2.72 bits per heavy atom. The third kappa shape index (κ3) is 2.76. The van der Waals surface area contributed by atoms with Crippen molar-refractivity contribution in [2.45, 2.75) is 13.3 Å². The molecule has 0 aromatic heterocycles. The zero-order valence-corrected chi connectivity index (χ0v) is 10.8. The van der Waals surface area contributed by atoms with E-state index in [0.29, 0.717) is 13.2 Å². The Morgan fingerprint density at radius 2 is 2.00 bits per heavy atom. The van der Waals surface area contributed by atoms with Gasteiger partial charge in [0, 0.05) is 18.5 Å². The maximum absolute atomic E-state index is 9.42. The first-order valence-electron chi connectivity index (χ1n) is 6.37. The Morgan fingerprint density at radius 1 is 1.28 bits per heavy atom. The first kappa shape index (κ1) is 13.2. The molecule has 18 heavy (non-hydrogen) atoms. The lowest BCUT2D eigenvalue weighted by Gasteiger charge is -2.33. The number of ether oxygens (including phenoxy) is 1. The highest BCUT2D eigenvalue weighted by Gasteiger charge is 2.27. The Bertz CT molecular complexity index is 390. The van der Waals surface area contributed by atoms with Crippen molar-refractivity contribution >= 4 is 5.69 Å². The smallest absolute Gasteiger partial charge is 0.142 e. The Kier molecular flexibility index (Phi) is 4.09. The second-order valence-electron chi connectivity index (χ2n) is 5.22. The summed E-state index contributed by atoms with van der Waals surface area (Å²) in [6, 6.07) is 7.92. The van der Waals surface area contributed by atoms with Crippen LogP contribution in [0.25, 0.3) is 0 Å². The van der Waals surface area contributed by atoms with Gasteiger partial charge in [0.05, 0.1) is 25.5 Å². The summed E-state index contributed by atoms with van der Waals surface area (Å²) in [4.78, 5) is 2.19. The lowest BCUT2D eigenvalue weighted by atomic mass is 9.92. The molecule has 0 saturated heterocycles. The van der Waals surface area contributed by atoms with E-state index in [2.05, 4.69) is 4.90 Å². The quantitative estimate of drug-likeness (QED) is 0.846. The van der Waals surface area contributed by atoms with Crippen molar-refractivity contribution in [3.63, 3.8) is 0 Å². The summed E-state index contributed by atoms with van der Waals surface area (Å²) in [5, 5.41) is 18.8. The molecule has 0 amide bonds. The van der Waals surface area contributed by atoms with Crippen molar-refractivity contribution < 1.29 is 14.9 Å². The number of hydrogen-bond acceptors (Lipinski definition) is 4. The second kappa shape index (κ2) is 5.59. The number of benzene rings is 1. The number of hydrogen-bond donors (Lipinski definition) is 2. The molecule has 0 fully saturated rings. The first-order valence-corrected chi connectivity index (χ1v) is 6.37. The predicted octanol–water partition coefficient (Wildman–Crippen LogP) is 1.27. The highest BCUT2D eigenvalue weighted by Crippen LogP contribution is 2.32.